The lowest BCUT2D eigenvalue weighted by atomic mass is 10.2. The molecule has 0 unspecified atom stereocenters. The number of esters is 1. The van der Waals surface area contributed by atoms with Crippen molar-refractivity contribution in [3.05, 3.63) is 57.8 Å². The molecule has 0 aliphatic carbocycles. The average molecular weight is 499 g/mol. The number of hydrogen-bond donors (Lipinski definition) is 0. The molecule has 6 nitrogen and oxygen atoms in total. The number of hydrogen-bond acceptors (Lipinski definition) is 6. The van der Waals surface area contributed by atoms with Crippen molar-refractivity contribution in [2.24, 2.45) is 0 Å². The van der Waals surface area contributed by atoms with Gasteiger partial charge in [0.25, 0.3) is 5.91 Å². The van der Waals surface area contributed by atoms with Crippen LogP contribution in [-0.2, 0) is 14.3 Å². The van der Waals surface area contributed by atoms with E-state index in [1.807, 2.05) is 32.1 Å². The van der Waals surface area contributed by atoms with E-state index in [0.29, 0.717) is 27.9 Å². The second-order valence-corrected chi connectivity index (χ2v) is 10.3. The monoisotopic (exact) mass is 498 g/mol. The molecule has 8 heteroatoms. The molecular formula is C26H30N2O4S2. The third-order valence-corrected chi connectivity index (χ3v) is 7.51. The lowest BCUT2D eigenvalue weighted by Gasteiger charge is -2.18. The van der Waals surface area contributed by atoms with Crippen LogP contribution < -0.4 is 0 Å². The molecule has 2 aliphatic rings. The third-order valence-electron chi connectivity index (χ3n) is 6.13. The Morgan fingerprint density at radius 1 is 1.29 bits per heavy atom. The molecule has 1 amide bonds. The molecule has 2 aliphatic heterocycles. The first kappa shape index (κ1) is 24.7. The molecule has 2 aromatic rings. The highest BCUT2D eigenvalue weighted by molar-refractivity contribution is 8.26. The molecule has 4 rings (SSSR count). The predicted octanol–water partition coefficient (Wildman–Crippen LogP) is 5.43. The minimum atomic E-state index is -0.299. The van der Waals surface area contributed by atoms with E-state index < -0.39 is 0 Å². The van der Waals surface area contributed by atoms with Gasteiger partial charge in [0.2, 0.25) is 0 Å². The molecule has 2 saturated heterocycles. The summed E-state index contributed by atoms with van der Waals surface area (Å²) in [4.78, 5) is 27.5. The van der Waals surface area contributed by atoms with Gasteiger partial charge in [0.1, 0.15) is 4.32 Å². The largest absolute Gasteiger partial charge is 0.462 e. The molecule has 1 aromatic heterocycles. The van der Waals surface area contributed by atoms with Crippen LogP contribution in [0.4, 0.5) is 0 Å². The van der Waals surface area contributed by atoms with Crippen LogP contribution in [0, 0.1) is 13.8 Å². The Morgan fingerprint density at radius 2 is 2.06 bits per heavy atom. The summed E-state index contributed by atoms with van der Waals surface area (Å²) in [5.41, 5.74) is 4.51. The Kier molecular flexibility index (Phi) is 7.91. The zero-order valence-electron chi connectivity index (χ0n) is 19.8. The fourth-order valence-corrected chi connectivity index (χ4v) is 5.53. The van der Waals surface area contributed by atoms with Crippen molar-refractivity contribution in [3.63, 3.8) is 0 Å². The van der Waals surface area contributed by atoms with Crippen LogP contribution >= 0.6 is 24.0 Å². The number of amides is 1. The Balaban J connectivity index is 1.51. The van der Waals surface area contributed by atoms with Crippen LogP contribution in [-0.4, -0.2) is 51.5 Å². The molecule has 2 fully saturated rings. The summed E-state index contributed by atoms with van der Waals surface area (Å²) in [6.45, 7) is 7.83. The molecule has 180 valence electrons. The molecule has 3 heterocycles. The first-order valence-corrected chi connectivity index (χ1v) is 12.9. The van der Waals surface area contributed by atoms with Gasteiger partial charge in [-0.3, -0.25) is 9.69 Å². The zero-order chi connectivity index (χ0) is 24.2. The number of aromatic nitrogens is 1. The maximum Gasteiger partial charge on any atom is 0.338 e. The highest BCUT2D eigenvalue weighted by atomic mass is 32.2. The summed E-state index contributed by atoms with van der Waals surface area (Å²) >= 11 is 6.83. The van der Waals surface area contributed by atoms with Crippen LogP contribution in [0.2, 0.25) is 0 Å². The van der Waals surface area contributed by atoms with Crippen LogP contribution in [0.25, 0.3) is 11.8 Å². The van der Waals surface area contributed by atoms with Gasteiger partial charge >= 0.3 is 5.97 Å². The fraction of sp³-hybridized carbons (Fsp3) is 0.423. The maximum absolute atomic E-state index is 13.0. The van der Waals surface area contributed by atoms with Crippen molar-refractivity contribution in [3.8, 4) is 5.69 Å². The molecule has 34 heavy (non-hydrogen) atoms. The van der Waals surface area contributed by atoms with E-state index in [2.05, 4.69) is 17.6 Å². The third kappa shape index (κ3) is 5.29. The molecule has 0 radical (unpaired) electrons. The molecule has 0 spiro atoms. The molecule has 0 N–H and O–H groups in total. The minimum absolute atomic E-state index is 0.0544. The normalized spacial score (nSPS) is 19.4. The Bertz CT molecular complexity index is 1110. The Labute approximate surface area is 210 Å². The number of carbonyl (C=O) groups excluding carboxylic acids is 2. The van der Waals surface area contributed by atoms with Gasteiger partial charge in [-0.25, -0.2) is 4.79 Å². The standard InChI is InChI=1S/C26H30N2O4S2/c1-4-5-12-32-25(30)19-8-10-21(11-9-19)28-17(2)14-20(18(28)3)15-23-24(29)27(26(33)34-23)16-22-7-6-13-31-22/h8-11,14-15,22H,4-7,12-13,16H2,1-3H3/b23-15-/t22-/m1/s1. The number of benzene rings is 1. The lowest BCUT2D eigenvalue weighted by Crippen LogP contribution is -2.35. The molecular weight excluding hydrogens is 468 g/mol. The van der Waals surface area contributed by atoms with Crippen molar-refractivity contribution in [1.29, 1.82) is 0 Å². The SMILES string of the molecule is CCCCOC(=O)c1ccc(-n2c(C)cc(/C=C3\SC(=S)N(C[C@H]4CCCO4)C3=O)c2C)cc1. The maximum atomic E-state index is 13.0. The second-order valence-electron chi connectivity index (χ2n) is 8.63. The summed E-state index contributed by atoms with van der Waals surface area (Å²) in [5, 5.41) is 0. The van der Waals surface area contributed by atoms with Gasteiger partial charge in [-0.1, -0.05) is 37.3 Å². The molecule has 1 aromatic carbocycles. The van der Waals surface area contributed by atoms with Crippen LogP contribution in [0.3, 0.4) is 0 Å². The quantitative estimate of drug-likeness (QED) is 0.209. The average Bonchev–Trinajstić information content (AvgIpc) is 3.50. The first-order valence-electron chi connectivity index (χ1n) is 11.7. The van der Waals surface area contributed by atoms with E-state index >= 15 is 0 Å². The van der Waals surface area contributed by atoms with Crippen molar-refractivity contribution < 1.29 is 19.1 Å². The number of thiocarbonyl (C=S) groups is 1. The molecule has 1 atom stereocenters. The summed E-state index contributed by atoms with van der Waals surface area (Å²) in [6.07, 6.45) is 5.84. The van der Waals surface area contributed by atoms with Gasteiger partial charge in [-0.2, -0.15) is 0 Å². The van der Waals surface area contributed by atoms with Crippen LogP contribution in [0.5, 0.6) is 0 Å². The van der Waals surface area contributed by atoms with E-state index in [-0.39, 0.29) is 18.0 Å². The highest BCUT2D eigenvalue weighted by Gasteiger charge is 2.34. The summed E-state index contributed by atoms with van der Waals surface area (Å²) in [6, 6.07) is 9.48. The van der Waals surface area contributed by atoms with Crippen molar-refractivity contribution in [1.82, 2.24) is 9.47 Å². The van der Waals surface area contributed by atoms with E-state index in [1.54, 1.807) is 17.0 Å². The van der Waals surface area contributed by atoms with Crippen molar-refractivity contribution in [2.45, 2.75) is 52.6 Å². The summed E-state index contributed by atoms with van der Waals surface area (Å²) in [7, 11) is 0. The Hall–Kier alpha value is -2.42. The number of rotatable bonds is 8. The summed E-state index contributed by atoms with van der Waals surface area (Å²) < 4.78 is 13.7. The van der Waals surface area contributed by atoms with Crippen LogP contribution in [0.15, 0.2) is 35.2 Å². The molecule has 0 saturated carbocycles. The number of aryl methyl sites for hydroxylation is 1. The van der Waals surface area contributed by atoms with Gasteiger partial charge < -0.3 is 14.0 Å². The predicted molar refractivity (Wildman–Crippen MR) is 139 cm³/mol. The number of unbranched alkanes of at least 4 members (excludes halogenated alkanes) is 1. The highest BCUT2D eigenvalue weighted by Crippen LogP contribution is 2.35. The van der Waals surface area contributed by atoms with Crippen LogP contribution in [0.1, 0.15) is 59.9 Å². The van der Waals surface area contributed by atoms with Gasteiger partial charge in [-0.05, 0) is 75.1 Å². The van der Waals surface area contributed by atoms with Gasteiger partial charge in [0.05, 0.1) is 29.7 Å². The molecule has 0 bridgehead atoms. The summed E-state index contributed by atoms with van der Waals surface area (Å²) in [5.74, 6) is -0.354. The van der Waals surface area contributed by atoms with E-state index in [9.17, 15) is 9.59 Å². The van der Waals surface area contributed by atoms with E-state index in [0.717, 1.165) is 54.9 Å². The second kappa shape index (κ2) is 10.9. The van der Waals surface area contributed by atoms with E-state index in [4.69, 9.17) is 21.7 Å². The van der Waals surface area contributed by atoms with E-state index in [1.165, 1.54) is 11.8 Å². The minimum Gasteiger partial charge on any atom is -0.462 e. The van der Waals surface area contributed by atoms with Gasteiger partial charge in [0.15, 0.2) is 0 Å². The van der Waals surface area contributed by atoms with Gasteiger partial charge in [-0.15, -0.1) is 0 Å². The number of nitrogens with zero attached hydrogens (tertiary/aromatic N) is 2. The van der Waals surface area contributed by atoms with Crippen molar-refractivity contribution >= 4 is 46.3 Å². The zero-order valence-corrected chi connectivity index (χ0v) is 21.5. The number of carbonyl (C=O) groups is 2. The van der Waals surface area contributed by atoms with Crippen molar-refractivity contribution in [2.75, 3.05) is 19.8 Å². The number of thioether (sulfide) groups is 1. The Morgan fingerprint density at radius 3 is 2.74 bits per heavy atom. The first-order chi connectivity index (χ1) is 16.4. The number of ether oxygens (including phenoxy) is 2. The fourth-order valence-electron chi connectivity index (χ4n) is 4.26. The smallest absolute Gasteiger partial charge is 0.338 e. The topological polar surface area (TPSA) is 60.8 Å². The van der Waals surface area contributed by atoms with Gasteiger partial charge in [0, 0.05) is 23.7 Å². The lowest BCUT2D eigenvalue weighted by molar-refractivity contribution is -0.123.